The minimum Gasteiger partial charge on any atom is -0.282 e. The molecule has 0 bridgehead atoms. The minimum atomic E-state index is -0.243. The van der Waals surface area contributed by atoms with Crippen molar-refractivity contribution in [1.82, 2.24) is 0 Å². The molecule has 0 saturated carbocycles. The number of hydrogen-bond donors (Lipinski definition) is 2. The highest BCUT2D eigenvalue weighted by Crippen LogP contribution is 2.30. The molecule has 3 aromatic rings. The summed E-state index contributed by atoms with van der Waals surface area (Å²) in [6, 6.07) is 22.6. The first-order valence-electron chi connectivity index (χ1n) is 9.30. The molecule has 1 saturated heterocycles. The molecular formula is C23H24ClFN2+2. The third-order valence-corrected chi connectivity index (χ3v) is 5.80. The van der Waals surface area contributed by atoms with Gasteiger partial charge in [-0.05, 0) is 26.0 Å². The van der Waals surface area contributed by atoms with E-state index in [-0.39, 0.29) is 24.1 Å². The zero-order chi connectivity index (χ0) is 19.0. The summed E-state index contributed by atoms with van der Waals surface area (Å²) < 4.78 is 14.5. The van der Waals surface area contributed by atoms with Crippen LogP contribution in [0.1, 0.15) is 46.1 Å². The maximum atomic E-state index is 14.5. The van der Waals surface area contributed by atoms with Gasteiger partial charge in [0.25, 0.3) is 0 Å². The molecule has 0 aromatic heterocycles. The summed E-state index contributed by atoms with van der Waals surface area (Å²) in [5.41, 5.74) is 5.54. The second kappa shape index (κ2) is 7.43. The van der Waals surface area contributed by atoms with E-state index in [0.29, 0.717) is 10.6 Å². The molecule has 27 heavy (non-hydrogen) atoms. The van der Waals surface area contributed by atoms with Crippen LogP contribution < -0.4 is 10.6 Å². The number of hydrogen-bond acceptors (Lipinski definition) is 0. The quantitative estimate of drug-likeness (QED) is 0.692. The van der Waals surface area contributed by atoms with Gasteiger partial charge in [0.1, 0.15) is 11.4 Å². The second-order valence-corrected chi connectivity index (χ2v) is 7.83. The van der Waals surface area contributed by atoms with Crippen molar-refractivity contribution in [2.24, 2.45) is 0 Å². The molecule has 0 amide bonds. The highest BCUT2D eigenvalue weighted by molar-refractivity contribution is 6.31. The number of nitrogens with two attached hydrogens (primary N) is 2. The van der Waals surface area contributed by atoms with Crippen LogP contribution >= 0.6 is 11.6 Å². The average Bonchev–Trinajstić information content (AvgIpc) is 3.08. The Hall–Kier alpha value is -2.20. The minimum absolute atomic E-state index is 0.115. The molecular weight excluding hydrogens is 359 g/mol. The van der Waals surface area contributed by atoms with Crippen LogP contribution in [0.3, 0.4) is 0 Å². The molecule has 1 heterocycles. The van der Waals surface area contributed by atoms with Gasteiger partial charge in [0.05, 0.1) is 5.02 Å². The molecule has 138 valence electrons. The molecule has 2 nitrogen and oxygen atoms in total. The molecule has 2 atom stereocenters. The molecule has 1 aliphatic rings. The van der Waals surface area contributed by atoms with Crippen molar-refractivity contribution < 1.29 is 15.0 Å². The van der Waals surface area contributed by atoms with Gasteiger partial charge in [-0.1, -0.05) is 77.3 Å². The lowest BCUT2D eigenvalue weighted by molar-refractivity contribution is -0.863. The van der Waals surface area contributed by atoms with Crippen LogP contribution in [-0.4, -0.2) is 0 Å². The van der Waals surface area contributed by atoms with Gasteiger partial charge in [0.2, 0.25) is 6.17 Å². The first kappa shape index (κ1) is 18.2. The van der Waals surface area contributed by atoms with Gasteiger partial charge in [-0.3, -0.25) is 10.6 Å². The Bertz CT molecular complexity index is 864. The first-order chi connectivity index (χ1) is 13.0. The zero-order valence-electron chi connectivity index (χ0n) is 15.5. The predicted molar refractivity (Wildman–Crippen MR) is 106 cm³/mol. The largest absolute Gasteiger partial charge is 0.282 e. The van der Waals surface area contributed by atoms with Crippen molar-refractivity contribution in [3.05, 3.63) is 105 Å². The summed E-state index contributed by atoms with van der Waals surface area (Å²) in [4.78, 5) is 0. The lowest BCUT2D eigenvalue weighted by Gasteiger charge is -2.14. The van der Waals surface area contributed by atoms with E-state index in [2.05, 4.69) is 73.0 Å². The van der Waals surface area contributed by atoms with Crippen LogP contribution in [0.2, 0.25) is 5.02 Å². The number of rotatable bonds is 3. The third-order valence-electron chi connectivity index (χ3n) is 5.47. The topological polar surface area (TPSA) is 33.2 Å². The van der Waals surface area contributed by atoms with Gasteiger partial charge in [0.15, 0.2) is 12.1 Å². The van der Waals surface area contributed by atoms with Gasteiger partial charge in [-0.15, -0.1) is 0 Å². The molecule has 0 unspecified atom stereocenters. The molecule has 4 N–H and O–H groups in total. The van der Waals surface area contributed by atoms with Gasteiger partial charge in [0, 0.05) is 11.1 Å². The Labute approximate surface area is 164 Å². The van der Waals surface area contributed by atoms with Crippen LogP contribution in [0.25, 0.3) is 0 Å². The van der Waals surface area contributed by atoms with Crippen LogP contribution in [0, 0.1) is 19.7 Å². The highest BCUT2D eigenvalue weighted by Gasteiger charge is 2.45. The van der Waals surface area contributed by atoms with E-state index in [4.69, 9.17) is 11.6 Å². The van der Waals surface area contributed by atoms with Crippen LogP contribution in [-0.2, 0) is 0 Å². The molecule has 0 aliphatic carbocycles. The standard InChI is InChI=1S/C23H22ClFN2/c1-14-6-10-16(11-7-14)21-22(17-12-8-15(2)9-13-17)27-23(26-21)20-18(24)4-3-5-19(20)25/h3-13,21-23,26-27H,1-2H3/p+2/t21-,22-/m0/s1. The normalized spacial score (nSPS) is 20.1. The van der Waals surface area contributed by atoms with E-state index in [1.807, 2.05) is 0 Å². The van der Waals surface area contributed by atoms with E-state index in [1.165, 1.54) is 28.3 Å². The number of quaternary nitrogens is 2. The lowest BCUT2D eigenvalue weighted by atomic mass is 9.94. The van der Waals surface area contributed by atoms with Crippen LogP contribution in [0.15, 0.2) is 66.7 Å². The van der Waals surface area contributed by atoms with E-state index in [1.54, 1.807) is 12.1 Å². The molecule has 4 rings (SSSR count). The van der Waals surface area contributed by atoms with Gasteiger partial charge >= 0.3 is 0 Å². The molecule has 1 aliphatic heterocycles. The Kier molecular flexibility index (Phi) is 5.00. The van der Waals surface area contributed by atoms with E-state index in [0.717, 1.165) is 0 Å². The second-order valence-electron chi connectivity index (χ2n) is 7.42. The summed E-state index contributed by atoms with van der Waals surface area (Å²) in [6.07, 6.45) is -0.115. The van der Waals surface area contributed by atoms with E-state index in [9.17, 15) is 4.39 Å². The molecule has 0 spiro atoms. The van der Waals surface area contributed by atoms with Gasteiger partial charge < -0.3 is 0 Å². The monoisotopic (exact) mass is 382 g/mol. The summed E-state index contributed by atoms with van der Waals surface area (Å²) in [5, 5.41) is 4.96. The number of benzene rings is 3. The van der Waals surface area contributed by atoms with Crippen molar-refractivity contribution in [3.63, 3.8) is 0 Å². The summed E-state index contributed by atoms with van der Waals surface area (Å²) in [7, 11) is 0. The molecule has 4 heteroatoms. The zero-order valence-corrected chi connectivity index (χ0v) is 16.2. The SMILES string of the molecule is Cc1ccc([C@@H]2[NH2+]C(c3c(F)cccc3Cl)[NH2+][C@H]2c2ccc(C)cc2)cc1. The maximum absolute atomic E-state index is 14.5. The Balaban J connectivity index is 1.74. The predicted octanol–water partition coefficient (Wildman–Crippen LogP) is 3.72. The highest BCUT2D eigenvalue weighted by atomic mass is 35.5. The fraction of sp³-hybridized carbons (Fsp3) is 0.217. The number of aryl methyl sites for hydroxylation is 2. The maximum Gasteiger partial charge on any atom is 0.242 e. The van der Waals surface area contributed by atoms with Crippen molar-refractivity contribution in [3.8, 4) is 0 Å². The summed E-state index contributed by atoms with van der Waals surface area (Å²) in [5.74, 6) is -0.243. The van der Waals surface area contributed by atoms with Crippen LogP contribution in [0.5, 0.6) is 0 Å². The fourth-order valence-corrected chi connectivity index (χ4v) is 4.28. The van der Waals surface area contributed by atoms with Crippen molar-refractivity contribution in [2.45, 2.75) is 32.1 Å². The molecule has 1 fully saturated rings. The van der Waals surface area contributed by atoms with E-state index < -0.39 is 0 Å². The smallest absolute Gasteiger partial charge is 0.242 e. The van der Waals surface area contributed by atoms with Crippen molar-refractivity contribution in [1.29, 1.82) is 0 Å². The Morgan fingerprint density at radius 2 is 1.22 bits per heavy atom. The average molecular weight is 383 g/mol. The summed E-state index contributed by atoms with van der Waals surface area (Å²) >= 11 is 6.36. The molecule has 0 radical (unpaired) electrons. The van der Waals surface area contributed by atoms with Gasteiger partial charge in [-0.25, -0.2) is 4.39 Å². The summed E-state index contributed by atoms with van der Waals surface area (Å²) in [6.45, 7) is 4.18. The van der Waals surface area contributed by atoms with Crippen LogP contribution in [0.4, 0.5) is 4.39 Å². The number of halogens is 2. The van der Waals surface area contributed by atoms with Gasteiger partial charge in [-0.2, -0.15) is 0 Å². The third kappa shape index (κ3) is 3.63. The Morgan fingerprint density at radius 3 is 1.67 bits per heavy atom. The first-order valence-corrected chi connectivity index (χ1v) is 9.68. The van der Waals surface area contributed by atoms with Crippen molar-refractivity contribution in [2.75, 3.05) is 0 Å². The molecule has 3 aromatic carbocycles. The lowest BCUT2D eigenvalue weighted by Crippen LogP contribution is -2.96. The Morgan fingerprint density at radius 1 is 0.741 bits per heavy atom. The van der Waals surface area contributed by atoms with E-state index >= 15 is 0 Å². The fourth-order valence-electron chi connectivity index (χ4n) is 3.99. The van der Waals surface area contributed by atoms with Crippen molar-refractivity contribution >= 4 is 11.6 Å².